The summed E-state index contributed by atoms with van der Waals surface area (Å²) in [5.41, 5.74) is 0.183. The van der Waals surface area contributed by atoms with Gasteiger partial charge in [0.1, 0.15) is 5.82 Å². The molecule has 74 valence electrons. The Labute approximate surface area is 88.9 Å². The second-order valence-corrected chi connectivity index (χ2v) is 3.33. The Hall–Kier alpha value is -1.28. The van der Waals surface area contributed by atoms with Gasteiger partial charge in [0.15, 0.2) is 11.5 Å². The third kappa shape index (κ3) is 1.80. The number of nitrogens with zero attached hydrogens (tertiary/aromatic N) is 1. The summed E-state index contributed by atoms with van der Waals surface area (Å²) in [6, 6.07) is 2.76. The SMILES string of the molecule is COc1c(O)cc(F)c(CC#N)c1Br. The number of benzene rings is 1. The summed E-state index contributed by atoms with van der Waals surface area (Å²) in [6.45, 7) is 0. The first-order chi connectivity index (χ1) is 6.61. The van der Waals surface area contributed by atoms with Gasteiger partial charge in [-0.2, -0.15) is 5.26 Å². The van der Waals surface area contributed by atoms with Crippen LogP contribution in [0, 0.1) is 17.1 Å². The number of nitriles is 1. The van der Waals surface area contributed by atoms with Crippen molar-refractivity contribution in [1.82, 2.24) is 0 Å². The summed E-state index contributed by atoms with van der Waals surface area (Å²) in [4.78, 5) is 0. The van der Waals surface area contributed by atoms with Crippen molar-refractivity contribution in [3.8, 4) is 17.6 Å². The fraction of sp³-hybridized carbons (Fsp3) is 0.222. The summed E-state index contributed by atoms with van der Waals surface area (Å²) in [6.07, 6.45) is -0.0803. The summed E-state index contributed by atoms with van der Waals surface area (Å²) in [5, 5.41) is 17.7. The Balaban J connectivity index is 3.37. The smallest absolute Gasteiger partial charge is 0.175 e. The molecular formula is C9H7BrFNO2. The predicted molar refractivity (Wildman–Crippen MR) is 51.6 cm³/mol. The van der Waals surface area contributed by atoms with E-state index in [1.165, 1.54) is 7.11 Å². The number of hydrogen-bond acceptors (Lipinski definition) is 3. The summed E-state index contributed by atoms with van der Waals surface area (Å²) in [5.74, 6) is -0.785. The minimum Gasteiger partial charge on any atom is -0.504 e. The number of methoxy groups -OCH3 is 1. The van der Waals surface area contributed by atoms with Gasteiger partial charge < -0.3 is 9.84 Å². The second-order valence-electron chi connectivity index (χ2n) is 2.54. The maximum absolute atomic E-state index is 13.2. The van der Waals surface area contributed by atoms with Crippen LogP contribution in [0.4, 0.5) is 4.39 Å². The van der Waals surface area contributed by atoms with Gasteiger partial charge in [0.25, 0.3) is 0 Å². The predicted octanol–water partition coefficient (Wildman–Crippen LogP) is 2.37. The van der Waals surface area contributed by atoms with Crippen molar-refractivity contribution < 1.29 is 14.2 Å². The van der Waals surface area contributed by atoms with E-state index in [0.717, 1.165) is 6.07 Å². The van der Waals surface area contributed by atoms with Crippen LogP contribution in [0.5, 0.6) is 11.5 Å². The summed E-state index contributed by atoms with van der Waals surface area (Å²) >= 11 is 3.07. The largest absolute Gasteiger partial charge is 0.504 e. The first kappa shape index (κ1) is 10.8. The lowest BCUT2D eigenvalue weighted by molar-refractivity contribution is 0.367. The van der Waals surface area contributed by atoms with Crippen LogP contribution in [0.2, 0.25) is 0 Å². The fourth-order valence-electron chi connectivity index (χ4n) is 1.06. The zero-order valence-corrected chi connectivity index (χ0v) is 8.93. The molecule has 0 bridgehead atoms. The van der Waals surface area contributed by atoms with Crippen molar-refractivity contribution in [2.75, 3.05) is 7.11 Å². The van der Waals surface area contributed by atoms with E-state index >= 15 is 0 Å². The summed E-state index contributed by atoms with van der Waals surface area (Å²) < 4.78 is 18.3. The number of rotatable bonds is 2. The van der Waals surface area contributed by atoms with Gasteiger partial charge >= 0.3 is 0 Å². The van der Waals surface area contributed by atoms with Gasteiger partial charge in [-0.05, 0) is 15.9 Å². The van der Waals surface area contributed by atoms with Crippen molar-refractivity contribution in [3.63, 3.8) is 0 Å². The maximum Gasteiger partial charge on any atom is 0.175 e. The highest BCUT2D eigenvalue weighted by atomic mass is 79.9. The molecule has 0 aromatic heterocycles. The van der Waals surface area contributed by atoms with Crippen LogP contribution >= 0.6 is 15.9 Å². The van der Waals surface area contributed by atoms with E-state index in [1.807, 2.05) is 6.07 Å². The Morgan fingerprint density at radius 1 is 1.71 bits per heavy atom. The van der Waals surface area contributed by atoms with E-state index in [1.54, 1.807) is 0 Å². The Bertz CT molecular complexity index is 401. The second kappa shape index (κ2) is 4.29. The lowest BCUT2D eigenvalue weighted by atomic mass is 10.1. The lowest BCUT2D eigenvalue weighted by Crippen LogP contribution is -1.95. The van der Waals surface area contributed by atoms with Gasteiger partial charge in [-0.25, -0.2) is 4.39 Å². The van der Waals surface area contributed by atoms with E-state index < -0.39 is 5.82 Å². The molecular weight excluding hydrogens is 253 g/mol. The zero-order valence-electron chi connectivity index (χ0n) is 7.34. The molecule has 0 radical (unpaired) electrons. The Morgan fingerprint density at radius 2 is 2.36 bits per heavy atom. The van der Waals surface area contributed by atoms with Crippen LogP contribution in [0.3, 0.4) is 0 Å². The van der Waals surface area contributed by atoms with Gasteiger partial charge in [0.05, 0.1) is 24.1 Å². The molecule has 0 spiro atoms. The Morgan fingerprint density at radius 3 is 2.86 bits per heavy atom. The maximum atomic E-state index is 13.2. The molecule has 0 atom stereocenters. The van der Waals surface area contributed by atoms with Gasteiger partial charge in [-0.3, -0.25) is 0 Å². The van der Waals surface area contributed by atoms with Crippen molar-refractivity contribution >= 4 is 15.9 Å². The van der Waals surface area contributed by atoms with E-state index in [9.17, 15) is 9.50 Å². The zero-order chi connectivity index (χ0) is 10.7. The monoisotopic (exact) mass is 259 g/mol. The van der Waals surface area contributed by atoms with Gasteiger partial charge in [0.2, 0.25) is 0 Å². The standard InChI is InChI=1S/C9H7BrFNO2/c1-14-9-7(13)4-6(11)5(2-3-12)8(9)10/h4,13H,2H2,1H3. The molecule has 0 fully saturated rings. The highest BCUT2D eigenvalue weighted by Gasteiger charge is 2.16. The van der Waals surface area contributed by atoms with E-state index in [-0.39, 0.29) is 28.0 Å². The van der Waals surface area contributed by atoms with Crippen LogP contribution in [-0.2, 0) is 6.42 Å². The Kier molecular flexibility index (Phi) is 3.31. The molecule has 0 heterocycles. The first-order valence-electron chi connectivity index (χ1n) is 3.72. The molecule has 5 heteroatoms. The van der Waals surface area contributed by atoms with E-state index in [4.69, 9.17) is 10.00 Å². The topological polar surface area (TPSA) is 53.2 Å². The molecule has 0 aliphatic carbocycles. The molecule has 0 saturated carbocycles. The molecule has 1 aromatic carbocycles. The first-order valence-corrected chi connectivity index (χ1v) is 4.52. The molecule has 1 N–H and O–H groups in total. The number of hydrogen-bond donors (Lipinski definition) is 1. The normalized spacial score (nSPS) is 9.57. The van der Waals surface area contributed by atoms with Crippen molar-refractivity contribution in [2.45, 2.75) is 6.42 Å². The van der Waals surface area contributed by atoms with Crippen LogP contribution in [-0.4, -0.2) is 12.2 Å². The highest BCUT2D eigenvalue weighted by Crippen LogP contribution is 2.38. The minimum atomic E-state index is -0.628. The molecule has 0 aliphatic heterocycles. The lowest BCUT2D eigenvalue weighted by Gasteiger charge is -2.09. The van der Waals surface area contributed by atoms with Crippen LogP contribution in [0.15, 0.2) is 10.5 Å². The number of halogens is 2. The third-order valence-corrected chi connectivity index (χ3v) is 2.55. The highest BCUT2D eigenvalue weighted by molar-refractivity contribution is 9.10. The van der Waals surface area contributed by atoms with Crippen molar-refractivity contribution in [1.29, 1.82) is 5.26 Å². The van der Waals surface area contributed by atoms with Crippen LogP contribution < -0.4 is 4.74 Å². The average molecular weight is 260 g/mol. The third-order valence-electron chi connectivity index (χ3n) is 1.71. The molecule has 0 unspecified atom stereocenters. The number of aromatic hydroxyl groups is 1. The molecule has 0 amide bonds. The molecule has 1 rings (SSSR count). The quantitative estimate of drug-likeness (QED) is 0.888. The molecule has 0 aliphatic rings. The fourth-order valence-corrected chi connectivity index (χ4v) is 1.76. The van der Waals surface area contributed by atoms with Gasteiger partial charge in [-0.1, -0.05) is 0 Å². The van der Waals surface area contributed by atoms with E-state index in [2.05, 4.69) is 15.9 Å². The van der Waals surface area contributed by atoms with Gasteiger partial charge in [0, 0.05) is 11.6 Å². The van der Waals surface area contributed by atoms with Gasteiger partial charge in [-0.15, -0.1) is 0 Å². The number of phenolic OH excluding ortho intramolecular Hbond substituents is 1. The molecule has 0 saturated heterocycles. The minimum absolute atomic E-state index is 0.0803. The van der Waals surface area contributed by atoms with E-state index in [0.29, 0.717) is 0 Å². The average Bonchev–Trinajstić information content (AvgIpc) is 2.12. The molecule has 14 heavy (non-hydrogen) atoms. The van der Waals surface area contributed by atoms with Crippen molar-refractivity contribution in [3.05, 3.63) is 21.9 Å². The van der Waals surface area contributed by atoms with Crippen LogP contribution in [0.1, 0.15) is 5.56 Å². The molecule has 1 aromatic rings. The summed E-state index contributed by atoms with van der Waals surface area (Å²) in [7, 11) is 1.36. The molecule has 3 nitrogen and oxygen atoms in total. The number of ether oxygens (including phenoxy) is 1. The van der Waals surface area contributed by atoms with Crippen molar-refractivity contribution in [2.24, 2.45) is 0 Å². The number of phenols is 1. The van der Waals surface area contributed by atoms with Crippen LogP contribution in [0.25, 0.3) is 0 Å².